The molecule has 0 spiro atoms. The van der Waals surface area contributed by atoms with Gasteiger partial charge in [0.05, 0.1) is 31.5 Å². The minimum atomic E-state index is -2.15. The number of hydrogen-bond acceptors (Lipinski definition) is 8. The molecule has 1 aliphatic rings. The first-order valence-electron chi connectivity index (χ1n) is 8.12. The molecular formula is C16H26O8S. The maximum absolute atomic E-state index is 12.7. The Morgan fingerprint density at radius 3 is 2.60 bits per heavy atom. The van der Waals surface area contributed by atoms with Crippen molar-refractivity contribution in [3.8, 4) is 0 Å². The zero-order chi connectivity index (χ0) is 19.3. The first kappa shape index (κ1) is 21.6. The van der Waals surface area contributed by atoms with Crippen molar-refractivity contribution in [3.63, 3.8) is 0 Å². The molecule has 1 heterocycles. The van der Waals surface area contributed by atoms with E-state index >= 15 is 0 Å². The largest absolute Gasteiger partial charge is 0.465 e. The topological polar surface area (TPSA) is 105 Å². The van der Waals surface area contributed by atoms with Crippen molar-refractivity contribution in [2.75, 3.05) is 13.7 Å². The van der Waals surface area contributed by atoms with Crippen molar-refractivity contribution in [3.05, 3.63) is 0 Å². The molecule has 0 aromatic heterocycles. The Kier molecular flexibility index (Phi) is 7.55. The van der Waals surface area contributed by atoms with E-state index in [2.05, 4.69) is 8.37 Å². The van der Waals surface area contributed by atoms with Crippen LogP contribution in [0.5, 0.6) is 0 Å². The van der Waals surface area contributed by atoms with E-state index in [1.165, 1.54) is 0 Å². The lowest BCUT2D eigenvalue weighted by atomic mass is 9.79. The molecule has 0 amide bonds. The van der Waals surface area contributed by atoms with Gasteiger partial charge >= 0.3 is 29.3 Å². The molecule has 4 atom stereocenters. The number of cyclic esters (lactones) is 1. The molecule has 0 aromatic rings. The lowest BCUT2D eigenvalue weighted by molar-refractivity contribution is -0.183. The molecular weight excluding hydrogens is 352 g/mol. The van der Waals surface area contributed by atoms with E-state index in [1.807, 2.05) is 6.92 Å². The van der Waals surface area contributed by atoms with Crippen LogP contribution in [0, 0.1) is 11.3 Å². The van der Waals surface area contributed by atoms with Crippen LogP contribution in [0.2, 0.25) is 0 Å². The summed E-state index contributed by atoms with van der Waals surface area (Å²) in [5, 5.41) is 0. The van der Waals surface area contributed by atoms with E-state index in [1.54, 1.807) is 20.8 Å². The molecule has 0 saturated carbocycles. The fourth-order valence-electron chi connectivity index (χ4n) is 2.57. The Labute approximate surface area is 150 Å². The maximum Gasteiger partial charge on any atom is 0.362 e. The van der Waals surface area contributed by atoms with Gasteiger partial charge in [-0.05, 0) is 26.7 Å². The molecule has 0 bridgehead atoms. The Balaban J connectivity index is 2.76. The van der Waals surface area contributed by atoms with Crippen molar-refractivity contribution in [2.24, 2.45) is 11.3 Å². The molecule has 0 aliphatic carbocycles. The lowest BCUT2D eigenvalue weighted by Gasteiger charge is -2.36. The normalized spacial score (nSPS) is 25.2. The van der Waals surface area contributed by atoms with Gasteiger partial charge in [-0.3, -0.25) is 18.6 Å². The van der Waals surface area contributed by atoms with Gasteiger partial charge in [0.2, 0.25) is 0 Å². The molecule has 9 heteroatoms. The molecule has 25 heavy (non-hydrogen) atoms. The van der Waals surface area contributed by atoms with Crippen molar-refractivity contribution < 1.29 is 36.4 Å². The van der Waals surface area contributed by atoms with Gasteiger partial charge in [-0.1, -0.05) is 13.8 Å². The second-order valence-corrected chi connectivity index (χ2v) is 7.69. The molecule has 1 fully saturated rings. The highest BCUT2D eigenvalue weighted by atomic mass is 32.2. The molecule has 1 rings (SSSR count). The van der Waals surface area contributed by atoms with Gasteiger partial charge in [-0.15, -0.1) is 0 Å². The summed E-state index contributed by atoms with van der Waals surface area (Å²) in [6.07, 6.45) is 1.01. The summed E-state index contributed by atoms with van der Waals surface area (Å²) >= 11 is -2.15. The van der Waals surface area contributed by atoms with Crippen LogP contribution in [0.3, 0.4) is 0 Å². The van der Waals surface area contributed by atoms with Crippen LogP contribution < -0.4 is 0 Å². The third kappa shape index (κ3) is 6.07. The van der Waals surface area contributed by atoms with Crippen molar-refractivity contribution in [2.45, 2.75) is 59.0 Å². The van der Waals surface area contributed by atoms with Gasteiger partial charge in [-0.2, -0.15) is 4.21 Å². The fraction of sp³-hybridized carbons (Fsp3) is 0.812. The summed E-state index contributed by atoms with van der Waals surface area (Å²) in [5.41, 5.74) is -1.86. The van der Waals surface area contributed by atoms with E-state index in [-0.39, 0.29) is 19.4 Å². The molecule has 1 saturated heterocycles. The lowest BCUT2D eigenvalue weighted by Crippen LogP contribution is -2.44. The number of rotatable bonds is 8. The summed E-state index contributed by atoms with van der Waals surface area (Å²) in [6.45, 7) is 6.98. The highest BCUT2D eigenvalue weighted by Crippen LogP contribution is 2.35. The van der Waals surface area contributed by atoms with Gasteiger partial charge < -0.3 is 13.7 Å². The van der Waals surface area contributed by atoms with Crippen molar-refractivity contribution in [1.29, 1.82) is 0 Å². The highest BCUT2D eigenvalue weighted by Gasteiger charge is 2.43. The highest BCUT2D eigenvalue weighted by molar-refractivity contribution is 7.75. The average molecular weight is 378 g/mol. The molecule has 8 nitrogen and oxygen atoms in total. The molecule has 0 N–H and O–H groups in total. The third-order valence-electron chi connectivity index (χ3n) is 4.47. The van der Waals surface area contributed by atoms with Crippen molar-refractivity contribution >= 4 is 29.3 Å². The SMILES string of the molecule is CCC(C)(CC(C)C(=O)OS(=O)OC)C(=O)OC1(C)CCOC(=O)C1. The summed E-state index contributed by atoms with van der Waals surface area (Å²) in [7, 11) is 1.15. The second kappa shape index (κ2) is 8.75. The van der Waals surface area contributed by atoms with E-state index in [4.69, 9.17) is 9.47 Å². The quantitative estimate of drug-likeness (QED) is 0.589. The molecule has 1 aliphatic heterocycles. The maximum atomic E-state index is 12.7. The van der Waals surface area contributed by atoms with E-state index in [9.17, 15) is 18.6 Å². The van der Waals surface area contributed by atoms with Crippen molar-refractivity contribution in [1.82, 2.24) is 0 Å². The number of carbonyl (C=O) groups excluding carboxylic acids is 3. The zero-order valence-electron chi connectivity index (χ0n) is 15.3. The fourth-order valence-corrected chi connectivity index (χ4v) is 2.94. The van der Waals surface area contributed by atoms with Gasteiger partial charge in [0.15, 0.2) is 0 Å². The summed E-state index contributed by atoms with van der Waals surface area (Å²) in [6, 6.07) is 0. The Bertz CT molecular complexity index is 548. The van der Waals surface area contributed by atoms with Crippen LogP contribution in [0.15, 0.2) is 0 Å². The predicted molar refractivity (Wildman–Crippen MR) is 88.1 cm³/mol. The van der Waals surface area contributed by atoms with Crippen LogP contribution in [0.1, 0.15) is 53.4 Å². The van der Waals surface area contributed by atoms with Gasteiger partial charge in [0.25, 0.3) is 0 Å². The van der Waals surface area contributed by atoms with Gasteiger partial charge in [0.1, 0.15) is 5.60 Å². The van der Waals surface area contributed by atoms with Gasteiger partial charge in [-0.25, -0.2) is 0 Å². The van der Waals surface area contributed by atoms with E-state index in [0.29, 0.717) is 12.8 Å². The standard InChI is InChI=1S/C16H26O8S/c1-6-15(3,9-11(2)13(18)24-25(20)21-5)14(19)23-16(4)7-8-22-12(17)10-16/h11H,6-10H2,1-5H3. The number of hydrogen-bond donors (Lipinski definition) is 0. The molecule has 0 aromatic carbocycles. The average Bonchev–Trinajstić information content (AvgIpc) is 2.53. The zero-order valence-corrected chi connectivity index (χ0v) is 16.1. The predicted octanol–water partition coefficient (Wildman–Crippen LogP) is 1.84. The smallest absolute Gasteiger partial charge is 0.362 e. The van der Waals surface area contributed by atoms with Crippen LogP contribution in [-0.2, 0) is 43.6 Å². The Hall–Kier alpha value is -1.48. The summed E-state index contributed by atoms with van der Waals surface area (Å²) in [4.78, 5) is 36.1. The van der Waals surface area contributed by atoms with Gasteiger partial charge in [0, 0.05) is 6.42 Å². The Morgan fingerprint density at radius 1 is 1.44 bits per heavy atom. The number of esters is 2. The second-order valence-electron chi connectivity index (χ2n) is 6.78. The summed E-state index contributed by atoms with van der Waals surface area (Å²) < 4.78 is 30.6. The van der Waals surface area contributed by atoms with Crippen LogP contribution in [0.4, 0.5) is 0 Å². The minimum absolute atomic E-state index is 0.00293. The van der Waals surface area contributed by atoms with Crippen LogP contribution in [0.25, 0.3) is 0 Å². The summed E-state index contributed by atoms with van der Waals surface area (Å²) in [5.74, 6) is -2.29. The van der Waals surface area contributed by atoms with E-state index < -0.39 is 46.2 Å². The monoisotopic (exact) mass is 378 g/mol. The molecule has 4 unspecified atom stereocenters. The number of ether oxygens (including phenoxy) is 2. The van der Waals surface area contributed by atoms with Crippen LogP contribution >= 0.6 is 0 Å². The third-order valence-corrected chi connectivity index (χ3v) is 5.04. The molecule has 144 valence electrons. The number of carbonyl (C=O) groups is 3. The first-order valence-corrected chi connectivity index (χ1v) is 9.12. The van der Waals surface area contributed by atoms with Crippen LogP contribution in [-0.4, -0.2) is 41.4 Å². The minimum Gasteiger partial charge on any atom is -0.465 e. The Morgan fingerprint density at radius 2 is 2.08 bits per heavy atom. The van der Waals surface area contributed by atoms with E-state index in [0.717, 1.165) is 7.11 Å². The first-order chi connectivity index (χ1) is 11.5. The molecule has 0 radical (unpaired) electrons.